The summed E-state index contributed by atoms with van der Waals surface area (Å²) in [6.45, 7) is 4.36. The molecular weight excluding hydrogens is 194 g/mol. The van der Waals surface area contributed by atoms with Crippen molar-refractivity contribution in [2.24, 2.45) is 11.8 Å². The van der Waals surface area contributed by atoms with Crippen LogP contribution in [0, 0.1) is 11.8 Å². The molecule has 1 saturated carbocycles. The van der Waals surface area contributed by atoms with Crippen LogP contribution in [-0.4, -0.2) is 36.9 Å². The molecule has 0 amide bonds. The molecule has 0 aliphatic heterocycles. The topological polar surface area (TPSA) is 58.6 Å². The number of esters is 1. The monoisotopic (exact) mass is 215 g/mol. The van der Waals surface area contributed by atoms with Crippen molar-refractivity contribution in [1.82, 2.24) is 5.32 Å². The van der Waals surface area contributed by atoms with Crippen molar-refractivity contribution in [3.05, 3.63) is 0 Å². The normalized spacial score (nSPS) is 20.1. The van der Waals surface area contributed by atoms with E-state index in [-0.39, 0.29) is 17.9 Å². The first kappa shape index (κ1) is 12.5. The zero-order valence-corrected chi connectivity index (χ0v) is 9.69. The Morgan fingerprint density at radius 1 is 1.53 bits per heavy atom. The minimum atomic E-state index is -0.407. The maximum absolute atomic E-state index is 11.4. The summed E-state index contributed by atoms with van der Waals surface area (Å²) in [6, 6.07) is -0.233. The van der Waals surface area contributed by atoms with Crippen LogP contribution < -0.4 is 5.32 Å². The average molecular weight is 215 g/mol. The number of rotatable bonds is 6. The lowest BCUT2D eigenvalue weighted by molar-refractivity contribution is -0.143. The minimum Gasteiger partial charge on any atom is -0.468 e. The number of hydrogen-bond donors (Lipinski definition) is 2. The van der Waals surface area contributed by atoms with Gasteiger partial charge in [-0.1, -0.05) is 13.8 Å². The number of carbonyl (C=O) groups excluding carboxylic acids is 1. The SMILES string of the molecule is COC(=O)C(NCC(O)C(C)C)C1CC1. The fourth-order valence-electron chi connectivity index (χ4n) is 1.48. The molecule has 1 fully saturated rings. The molecule has 0 spiro atoms. The van der Waals surface area contributed by atoms with Crippen molar-refractivity contribution < 1.29 is 14.6 Å². The summed E-state index contributed by atoms with van der Waals surface area (Å²) in [5.41, 5.74) is 0. The van der Waals surface area contributed by atoms with E-state index in [2.05, 4.69) is 5.32 Å². The predicted octanol–water partition coefficient (Wildman–Crippen LogP) is 0.544. The van der Waals surface area contributed by atoms with Gasteiger partial charge in [0.05, 0.1) is 13.2 Å². The second kappa shape index (κ2) is 5.47. The lowest BCUT2D eigenvalue weighted by atomic mass is 10.1. The molecule has 2 unspecified atom stereocenters. The van der Waals surface area contributed by atoms with Gasteiger partial charge in [-0.2, -0.15) is 0 Å². The Bertz CT molecular complexity index is 214. The maximum Gasteiger partial charge on any atom is 0.323 e. The molecule has 0 aromatic rings. The summed E-state index contributed by atoms with van der Waals surface area (Å²) in [5, 5.41) is 12.7. The van der Waals surface area contributed by atoms with Crippen molar-refractivity contribution in [1.29, 1.82) is 0 Å². The summed E-state index contributed by atoms with van der Waals surface area (Å²) in [6.07, 6.45) is 1.74. The average Bonchev–Trinajstić information content (AvgIpc) is 3.01. The molecule has 0 bridgehead atoms. The largest absolute Gasteiger partial charge is 0.468 e. The van der Waals surface area contributed by atoms with Gasteiger partial charge in [-0.05, 0) is 24.7 Å². The van der Waals surface area contributed by atoms with Gasteiger partial charge in [0.2, 0.25) is 0 Å². The summed E-state index contributed by atoms with van der Waals surface area (Å²) < 4.78 is 4.72. The fourth-order valence-corrected chi connectivity index (χ4v) is 1.48. The van der Waals surface area contributed by atoms with Gasteiger partial charge in [-0.15, -0.1) is 0 Å². The van der Waals surface area contributed by atoms with Crippen LogP contribution in [0.25, 0.3) is 0 Å². The van der Waals surface area contributed by atoms with E-state index in [0.29, 0.717) is 12.5 Å². The van der Waals surface area contributed by atoms with E-state index in [1.54, 1.807) is 0 Å². The van der Waals surface area contributed by atoms with E-state index in [1.165, 1.54) is 7.11 Å². The number of hydrogen-bond acceptors (Lipinski definition) is 4. The third-order valence-electron chi connectivity index (χ3n) is 2.86. The molecule has 88 valence electrons. The third kappa shape index (κ3) is 3.80. The highest BCUT2D eigenvalue weighted by atomic mass is 16.5. The van der Waals surface area contributed by atoms with E-state index in [4.69, 9.17) is 4.74 Å². The number of ether oxygens (including phenoxy) is 1. The number of aliphatic hydroxyl groups excluding tert-OH is 1. The molecule has 1 aliphatic rings. The molecule has 2 N–H and O–H groups in total. The lowest BCUT2D eigenvalue weighted by Crippen LogP contribution is -2.44. The Balaban J connectivity index is 2.35. The highest BCUT2D eigenvalue weighted by molar-refractivity contribution is 5.76. The maximum atomic E-state index is 11.4. The molecule has 0 radical (unpaired) electrons. The first-order valence-corrected chi connectivity index (χ1v) is 5.55. The van der Waals surface area contributed by atoms with Crippen LogP contribution in [0.3, 0.4) is 0 Å². The van der Waals surface area contributed by atoms with Crippen LogP contribution in [0.5, 0.6) is 0 Å². The van der Waals surface area contributed by atoms with Gasteiger partial charge in [0.25, 0.3) is 0 Å². The summed E-state index contributed by atoms with van der Waals surface area (Å²) in [4.78, 5) is 11.4. The van der Waals surface area contributed by atoms with E-state index >= 15 is 0 Å². The van der Waals surface area contributed by atoms with Gasteiger partial charge >= 0.3 is 5.97 Å². The second-order valence-electron chi connectivity index (χ2n) is 4.56. The second-order valence-corrected chi connectivity index (χ2v) is 4.56. The number of nitrogens with one attached hydrogen (secondary N) is 1. The number of methoxy groups -OCH3 is 1. The Kier molecular flexibility index (Phi) is 4.54. The van der Waals surface area contributed by atoms with E-state index in [9.17, 15) is 9.90 Å². The van der Waals surface area contributed by atoms with Crippen LogP contribution >= 0.6 is 0 Å². The van der Waals surface area contributed by atoms with Crippen LogP contribution in [0.15, 0.2) is 0 Å². The van der Waals surface area contributed by atoms with Crippen molar-refractivity contribution >= 4 is 5.97 Å². The zero-order valence-electron chi connectivity index (χ0n) is 9.69. The van der Waals surface area contributed by atoms with Crippen molar-refractivity contribution in [3.8, 4) is 0 Å². The Labute approximate surface area is 91.0 Å². The van der Waals surface area contributed by atoms with Gasteiger partial charge < -0.3 is 15.2 Å². The lowest BCUT2D eigenvalue weighted by Gasteiger charge is -2.20. The summed E-state index contributed by atoms with van der Waals surface area (Å²) >= 11 is 0. The fraction of sp³-hybridized carbons (Fsp3) is 0.909. The van der Waals surface area contributed by atoms with E-state index < -0.39 is 6.10 Å². The van der Waals surface area contributed by atoms with Crippen molar-refractivity contribution in [3.63, 3.8) is 0 Å². The minimum absolute atomic E-state index is 0.204. The predicted molar refractivity (Wildman–Crippen MR) is 57.4 cm³/mol. The Morgan fingerprint density at radius 2 is 2.13 bits per heavy atom. The molecule has 4 nitrogen and oxygen atoms in total. The van der Waals surface area contributed by atoms with Crippen LogP contribution in [0.4, 0.5) is 0 Å². The highest BCUT2D eigenvalue weighted by Crippen LogP contribution is 2.33. The first-order chi connectivity index (χ1) is 7.06. The molecule has 0 aromatic carbocycles. The van der Waals surface area contributed by atoms with Crippen LogP contribution in [-0.2, 0) is 9.53 Å². The van der Waals surface area contributed by atoms with E-state index in [0.717, 1.165) is 12.8 Å². The molecule has 2 atom stereocenters. The summed E-state index contributed by atoms with van der Waals surface area (Å²) in [5.74, 6) is 0.389. The molecule has 15 heavy (non-hydrogen) atoms. The van der Waals surface area contributed by atoms with Crippen LogP contribution in [0.1, 0.15) is 26.7 Å². The molecule has 0 heterocycles. The molecular formula is C11H21NO3. The number of aliphatic hydroxyl groups is 1. The molecule has 1 rings (SSSR count). The van der Waals surface area contributed by atoms with Gasteiger partial charge in [-0.25, -0.2) is 0 Å². The molecule has 0 saturated heterocycles. The Hall–Kier alpha value is -0.610. The number of carbonyl (C=O) groups is 1. The highest BCUT2D eigenvalue weighted by Gasteiger charge is 2.36. The van der Waals surface area contributed by atoms with Crippen molar-refractivity contribution in [2.75, 3.05) is 13.7 Å². The Morgan fingerprint density at radius 3 is 2.53 bits per heavy atom. The molecule has 0 aromatic heterocycles. The van der Waals surface area contributed by atoms with Crippen molar-refractivity contribution in [2.45, 2.75) is 38.8 Å². The van der Waals surface area contributed by atoms with E-state index in [1.807, 2.05) is 13.8 Å². The first-order valence-electron chi connectivity index (χ1n) is 5.55. The molecule has 4 heteroatoms. The van der Waals surface area contributed by atoms with Gasteiger partial charge in [0.1, 0.15) is 6.04 Å². The quantitative estimate of drug-likeness (QED) is 0.635. The standard InChI is InChI=1S/C11H21NO3/c1-7(2)9(13)6-12-10(8-4-5-8)11(14)15-3/h7-10,12-13H,4-6H2,1-3H3. The third-order valence-corrected chi connectivity index (χ3v) is 2.86. The van der Waals surface area contributed by atoms with Crippen LogP contribution in [0.2, 0.25) is 0 Å². The van der Waals surface area contributed by atoms with Gasteiger partial charge in [0.15, 0.2) is 0 Å². The smallest absolute Gasteiger partial charge is 0.323 e. The van der Waals surface area contributed by atoms with Gasteiger partial charge in [-0.3, -0.25) is 4.79 Å². The summed E-state index contributed by atoms with van der Waals surface area (Å²) in [7, 11) is 1.40. The van der Waals surface area contributed by atoms with Gasteiger partial charge in [0, 0.05) is 6.54 Å². The zero-order chi connectivity index (χ0) is 11.4. The molecule has 1 aliphatic carbocycles.